The molecule has 3 rings (SSSR count). The summed E-state index contributed by atoms with van der Waals surface area (Å²) in [6.45, 7) is 0. The van der Waals surface area contributed by atoms with Crippen LogP contribution in [-0.2, 0) is 6.18 Å². The first-order valence-electron chi connectivity index (χ1n) is 6.67. The fourth-order valence-electron chi connectivity index (χ4n) is 2.44. The molecule has 116 valence electrons. The van der Waals surface area contributed by atoms with Crippen LogP contribution in [0.2, 0.25) is 0 Å². The van der Waals surface area contributed by atoms with E-state index >= 15 is 0 Å². The van der Waals surface area contributed by atoms with Gasteiger partial charge in [-0.25, -0.2) is 9.78 Å². The number of halogens is 3. The fourth-order valence-corrected chi connectivity index (χ4v) is 2.44. The second-order valence-corrected chi connectivity index (χ2v) is 4.92. The number of pyridine rings is 1. The minimum Gasteiger partial charge on any atom is -0.478 e. The fraction of sp³-hybridized carbons (Fsp3) is 0.0588. The van der Waals surface area contributed by atoms with Crippen LogP contribution in [0.5, 0.6) is 0 Å². The Morgan fingerprint density at radius 1 is 1.00 bits per heavy atom. The van der Waals surface area contributed by atoms with Crippen molar-refractivity contribution in [3.05, 3.63) is 65.7 Å². The molecule has 0 fully saturated rings. The van der Waals surface area contributed by atoms with Gasteiger partial charge in [0.2, 0.25) is 0 Å². The number of hydrogen-bond acceptors (Lipinski definition) is 2. The molecule has 0 bridgehead atoms. The van der Waals surface area contributed by atoms with Crippen LogP contribution >= 0.6 is 0 Å². The van der Waals surface area contributed by atoms with E-state index in [9.17, 15) is 23.1 Å². The van der Waals surface area contributed by atoms with Gasteiger partial charge < -0.3 is 5.11 Å². The van der Waals surface area contributed by atoms with Gasteiger partial charge in [-0.15, -0.1) is 0 Å². The van der Waals surface area contributed by atoms with Crippen molar-refractivity contribution in [2.75, 3.05) is 0 Å². The molecule has 1 heterocycles. The summed E-state index contributed by atoms with van der Waals surface area (Å²) in [5.41, 5.74) is -0.761. The van der Waals surface area contributed by atoms with Crippen LogP contribution in [0.4, 0.5) is 13.2 Å². The summed E-state index contributed by atoms with van der Waals surface area (Å²) in [5.74, 6) is -1.21. The van der Waals surface area contributed by atoms with E-state index in [0.717, 1.165) is 6.07 Å². The van der Waals surface area contributed by atoms with E-state index in [1.807, 2.05) is 0 Å². The highest BCUT2D eigenvalue weighted by atomic mass is 19.4. The maximum Gasteiger partial charge on any atom is 0.417 e. The van der Waals surface area contributed by atoms with E-state index in [1.165, 1.54) is 24.3 Å². The average Bonchev–Trinajstić information content (AvgIpc) is 2.53. The quantitative estimate of drug-likeness (QED) is 0.750. The molecule has 3 aromatic rings. The van der Waals surface area contributed by atoms with Gasteiger partial charge in [0.1, 0.15) is 0 Å². The van der Waals surface area contributed by atoms with Crippen LogP contribution in [0.1, 0.15) is 15.9 Å². The molecule has 0 saturated heterocycles. The molecule has 2 aromatic carbocycles. The van der Waals surface area contributed by atoms with Crippen molar-refractivity contribution in [3.8, 4) is 11.3 Å². The van der Waals surface area contributed by atoms with Crippen LogP contribution in [-0.4, -0.2) is 16.1 Å². The Labute approximate surface area is 129 Å². The molecular formula is C17H10F3NO2. The standard InChI is InChI=1S/C17H10F3NO2/c18-17(19,20)13-7-3-1-6-11(13)15-9-12(16(22)23)10-5-2-4-8-14(10)21-15/h1-9H,(H,22,23). The van der Waals surface area contributed by atoms with Gasteiger partial charge in [0.15, 0.2) is 0 Å². The number of aromatic nitrogens is 1. The van der Waals surface area contributed by atoms with E-state index < -0.39 is 17.7 Å². The molecule has 0 amide bonds. The molecule has 0 aliphatic rings. The first-order valence-corrected chi connectivity index (χ1v) is 6.67. The summed E-state index contributed by atoms with van der Waals surface area (Å²) in [6, 6.07) is 12.6. The molecule has 0 radical (unpaired) electrons. The van der Waals surface area contributed by atoms with Gasteiger partial charge in [0.05, 0.1) is 22.3 Å². The van der Waals surface area contributed by atoms with Crippen LogP contribution in [0.15, 0.2) is 54.6 Å². The Balaban J connectivity index is 2.32. The molecule has 23 heavy (non-hydrogen) atoms. The highest BCUT2D eigenvalue weighted by Gasteiger charge is 2.33. The summed E-state index contributed by atoms with van der Waals surface area (Å²) < 4.78 is 39.5. The molecule has 1 aromatic heterocycles. The zero-order valence-electron chi connectivity index (χ0n) is 11.6. The molecule has 0 aliphatic heterocycles. The van der Waals surface area contributed by atoms with E-state index in [1.54, 1.807) is 24.3 Å². The number of alkyl halides is 3. The van der Waals surface area contributed by atoms with Gasteiger partial charge in [0.25, 0.3) is 0 Å². The summed E-state index contributed by atoms with van der Waals surface area (Å²) in [6.07, 6.45) is -4.55. The van der Waals surface area contributed by atoms with Crippen molar-refractivity contribution in [1.82, 2.24) is 4.98 Å². The molecule has 6 heteroatoms. The van der Waals surface area contributed by atoms with Gasteiger partial charge in [0, 0.05) is 10.9 Å². The molecule has 0 saturated carbocycles. The Morgan fingerprint density at radius 2 is 1.65 bits per heavy atom. The Morgan fingerprint density at radius 3 is 2.35 bits per heavy atom. The highest BCUT2D eigenvalue weighted by Crippen LogP contribution is 2.37. The number of fused-ring (bicyclic) bond motifs is 1. The molecule has 3 nitrogen and oxygen atoms in total. The lowest BCUT2D eigenvalue weighted by atomic mass is 10.00. The van der Waals surface area contributed by atoms with Crippen molar-refractivity contribution >= 4 is 16.9 Å². The van der Waals surface area contributed by atoms with E-state index in [2.05, 4.69) is 4.98 Å². The van der Waals surface area contributed by atoms with Crippen molar-refractivity contribution in [2.45, 2.75) is 6.18 Å². The van der Waals surface area contributed by atoms with Crippen LogP contribution in [0.25, 0.3) is 22.2 Å². The maximum absolute atomic E-state index is 13.2. The van der Waals surface area contributed by atoms with Gasteiger partial charge >= 0.3 is 12.1 Å². The number of carboxylic acid groups (broad SMARTS) is 1. The first-order chi connectivity index (χ1) is 10.9. The van der Waals surface area contributed by atoms with Gasteiger partial charge in [-0.1, -0.05) is 36.4 Å². The largest absolute Gasteiger partial charge is 0.478 e. The average molecular weight is 317 g/mol. The smallest absolute Gasteiger partial charge is 0.417 e. The Bertz CT molecular complexity index is 904. The van der Waals surface area contributed by atoms with Crippen LogP contribution in [0.3, 0.4) is 0 Å². The monoisotopic (exact) mass is 317 g/mol. The maximum atomic E-state index is 13.2. The predicted molar refractivity (Wildman–Crippen MR) is 79.1 cm³/mol. The molecule has 0 atom stereocenters. The molecule has 1 N–H and O–H groups in total. The SMILES string of the molecule is O=C(O)c1cc(-c2ccccc2C(F)(F)F)nc2ccccc12. The minimum atomic E-state index is -4.55. The number of carboxylic acids is 1. The minimum absolute atomic E-state index is 0.0194. The second-order valence-electron chi connectivity index (χ2n) is 4.92. The third kappa shape index (κ3) is 2.75. The van der Waals surface area contributed by atoms with Gasteiger partial charge in [-0.2, -0.15) is 13.2 Å². The number of benzene rings is 2. The third-order valence-electron chi connectivity index (χ3n) is 3.46. The molecule has 0 spiro atoms. The number of para-hydroxylation sites is 1. The number of hydrogen-bond donors (Lipinski definition) is 1. The third-order valence-corrected chi connectivity index (χ3v) is 3.46. The van der Waals surface area contributed by atoms with Gasteiger partial charge in [-0.05, 0) is 18.2 Å². The van der Waals surface area contributed by atoms with E-state index in [0.29, 0.717) is 10.9 Å². The van der Waals surface area contributed by atoms with E-state index in [-0.39, 0.29) is 16.8 Å². The lowest BCUT2D eigenvalue weighted by Crippen LogP contribution is -2.08. The van der Waals surface area contributed by atoms with Crippen molar-refractivity contribution in [2.24, 2.45) is 0 Å². The van der Waals surface area contributed by atoms with Crippen LogP contribution < -0.4 is 0 Å². The Kier molecular flexibility index (Phi) is 3.52. The normalized spacial score (nSPS) is 11.6. The summed E-state index contributed by atoms with van der Waals surface area (Å²) in [5, 5.41) is 9.72. The van der Waals surface area contributed by atoms with Crippen molar-refractivity contribution in [3.63, 3.8) is 0 Å². The van der Waals surface area contributed by atoms with Crippen molar-refractivity contribution < 1.29 is 23.1 Å². The second kappa shape index (κ2) is 5.39. The zero-order chi connectivity index (χ0) is 16.6. The number of aromatic carboxylic acids is 1. The highest BCUT2D eigenvalue weighted by molar-refractivity contribution is 6.03. The van der Waals surface area contributed by atoms with Crippen molar-refractivity contribution in [1.29, 1.82) is 0 Å². The molecule has 0 unspecified atom stereocenters. The van der Waals surface area contributed by atoms with Gasteiger partial charge in [-0.3, -0.25) is 0 Å². The lowest BCUT2D eigenvalue weighted by Gasteiger charge is -2.13. The molecular weight excluding hydrogens is 307 g/mol. The lowest BCUT2D eigenvalue weighted by molar-refractivity contribution is -0.137. The Hall–Kier alpha value is -2.89. The number of carbonyl (C=O) groups is 1. The van der Waals surface area contributed by atoms with Crippen LogP contribution in [0, 0.1) is 0 Å². The zero-order valence-corrected chi connectivity index (χ0v) is 11.6. The summed E-state index contributed by atoms with van der Waals surface area (Å²) >= 11 is 0. The predicted octanol–water partition coefficient (Wildman–Crippen LogP) is 4.62. The van der Waals surface area contributed by atoms with E-state index in [4.69, 9.17) is 0 Å². The number of nitrogens with zero attached hydrogens (tertiary/aromatic N) is 1. The summed E-state index contributed by atoms with van der Waals surface area (Å²) in [7, 11) is 0. The molecule has 0 aliphatic carbocycles. The number of rotatable bonds is 2. The summed E-state index contributed by atoms with van der Waals surface area (Å²) in [4.78, 5) is 15.6. The first kappa shape index (κ1) is 15.0. The topological polar surface area (TPSA) is 50.2 Å².